The van der Waals surface area contributed by atoms with Crippen LogP contribution in [0.2, 0.25) is 9.88 Å². The van der Waals surface area contributed by atoms with Crippen LogP contribution in [-0.2, 0) is 21.7 Å². The van der Waals surface area contributed by atoms with Gasteiger partial charge < -0.3 is 0 Å². The van der Waals surface area contributed by atoms with Gasteiger partial charge >= 0.3 is 31.0 Å². The molecular formula is C2H6SnTi. The van der Waals surface area contributed by atoms with Gasteiger partial charge in [0.1, 0.15) is 0 Å². The van der Waals surface area contributed by atoms with E-state index >= 15 is 0 Å². The van der Waals surface area contributed by atoms with Crippen LogP contribution in [0.25, 0.3) is 0 Å². The Kier molecular flexibility index (Phi) is 20.1. The summed E-state index contributed by atoms with van der Waals surface area (Å²) in [6.45, 7) is 0. The summed E-state index contributed by atoms with van der Waals surface area (Å²) in [5, 5.41) is 0. The minimum Gasteiger partial charge on any atom is 0 e. The third kappa shape index (κ3) is 9.69. The molecule has 0 aromatic rings. The molecule has 0 N–H and O–H groups in total. The van der Waals surface area contributed by atoms with Crippen LogP contribution in [0, 0.1) is 0 Å². The molecule has 0 nitrogen and oxygen atoms in total. The van der Waals surface area contributed by atoms with Crippen LogP contribution >= 0.6 is 0 Å². The molecule has 2 heteroatoms. The van der Waals surface area contributed by atoms with E-state index < -0.39 is 0 Å². The third-order valence-corrected chi connectivity index (χ3v) is 0. The number of hydrogen-bond acceptors (Lipinski definition) is 0. The summed E-state index contributed by atoms with van der Waals surface area (Å²) in [6.07, 6.45) is 0. The van der Waals surface area contributed by atoms with Gasteiger partial charge in [-0.25, -0.2) is 0 Å². The van der Waals surface area contributed by atoms with Crippen LogP contribution in [0.4, 0.5) is 0 Å². The van der Waals surface area contributed by atoms with E-state index in [1.807, 2.05) is 0 Å². The minimum atomic E-state index is 0. The fourth-order valence-corrected chi connectivity index (χ4v) is 0. The molecule has 22 valence electrons. The van der Waals surface area contributed by atoms with Crippen molar-refractivity contribution < 1.29 is 21.7 Å². The molecule has 0 saturated heterocycles. The molecule has 0 unspecified atom stereocenters. The van der Waals surface area contributed by atoms with Gasteiger partial charge in [-0.1, -0.05) is 0 Å². The summed E-state index contributed by atoms with van der Waals surface area (Å²) in [7, 11) is 0. The molecular weight excluding hydrogens is 191 g/mol. The molecule has 0 atom stereocenters. The topological polar surface area (TPSA) is 0 Å². The normalized spacial score (nSPS) is 4.50. The minimum absolute atomic E-state index is 0. The predicted octanol–water partition coefficient (Wildman–Crippen LogP) is 0.784. The van der Waals surface area contributed by atoms with Gasteiger partial charge in [-0.3, -0.25) is 0 Å². The molecule has 0 aliphatic carbocycles. The zero-order valence-electron chi connectivity index (χ0n) is 3.00. The van der Waals surface area contributed by atoms with Crippen LogP contribution in [-0.4, -0.2) is 21.1 Å². The van der Waals surface area contributed by atoms with Crippen molar-refractivity contribution in [1.29, 1.82) is 0 Å². The molecule has 0 amide bonds. The molecule has 0 heterocycles. The second-order valence-corrected chi connectivity index (χ2v) is 3.35. The van der Waals surface area contributed by atoms with E-state index in [4.69, 9.17) is 0 Å². The quantitative estimate of drug-likeness (QED) is 0.503. The van der Waals surface area contributed by atoms with Gasteiger partial charge in [0.15, 0.2) is 0 Å². The van der Waals surface area contributed by atoms with Crippen molar-refractivity contribution in [1.82, 2.24) is 0 Å². The van der Waals surface area contributed by atoms with Crippen LogP contribution in [0.5, 0.6) is 0 Å². The molecule has 0 saturated carbocycles. The van der Waals surface area contributed by atoms with Crippen molar-refractivity contribution in [3.63, 3.8) is 0 Å². The Hall–Kier alpha value is 1.51. The van der Waals surface area contributed by atoms with Gasteiger partial charge in [0.05, 0.1) is 0 Å². The summed E-state index contributed by atoms with van der Waals surface area (Å²) in [6, 6.07) is 0. The van der Waals surface area contributed by atoms with Gasteiger partial charge in [0.25, 0.3) is 0 Å². The fourth-order valence-electron chi connectivity index (χ4n) is 0. The molecule has 0 spiro atoms. The molecule has 0 aromatic heterocycles. The van der Waals surface area contributed by atoms with E-state index in [0.717, 1.165) is 0 Å². The molecule has 0 aromatic carbocycles. The molecule has 0 rings (SSSR count). The zero-order valence-corrected chi connectivity index (χ0v) is 7.42. The van der Waals surface area contributed by atoms with Crippen molar-refractivity contribution in [2.24, 2.45) is 0 Å². The van der Waals surface area contributed by atoms with Crippen LogP contribution in [0.3, 0.4) is 0 Å². The van der Waals surface area contributed by atoms with E-state index in [0.29, 0.717) is 0 Å². The summed E-state index contributed by atoms with van der Waals surface area (Å²) in [5.41, 5.74) is 0. The Morgan fingerprint density at radius 3 is 1.25 bits per heavy atom. The van der Waals surface area contributed by atoms with Crippen molar-refractivity contribution in [2.45, 2.75) is 9.88 Å². The average molecular weight is 197 g/mol. The van der Waals surface area contributed by atoms with E-state index in [2.05, 4.69) is 9.88 Å². The Morgan fingerprint density at radius 1 is 1.25 bits per heavy atom. The standard InChI is InChI=1S/2CH3.Sn.Ti/h2*1H3;;. The fraction of sp³-hybridized carbons (Fsp3) is 1.00. The van der Waals surface area contributed by atoms with Crippen molar-refractivity contribution in [3.8, 4) is 0 Å². The molecule has 0 aliphatic rings. The first kappa shape index (κ1) is 9.10. The first-order chi connectivity index (χ1) is 1.41. The Balaban J connectivity index is 0. The van der Waals surface area contributed by atoms with Gasteiger partial charge in [0, 0.05) is 21.7 Å². The summed E-state index contributed by atoms with van der Waals surface area (Å²) in [4.78, 5) is 4.59. The molecule has 2 radical (unpaired) electrons. The van der Waals surface area contributed by atoms with Crippen molar-refractivity contribution in [3.05, 3.63) is 0 Å². The molecule has 0 bridgehead atoms. The second-order valence-electron chi connectivity index (χ2n) is 0.500. The monoisotopic (exact) mass is 198 g/mol. The first-order valence-electron chi connectivity index (χ1n) is 1.00. The van der Waals surface area contributed by atoms with Gasteiger partial charge in [-0.2, -0.15) is 0 Å². The first-order valence-corrected chi connectivity index (χ1v) is 6.71. The largest absolute Gasteiger partial charge is 0 e. The number of hydrogen-bond donors (Lipinski definition) is 0. The SMILES string of the molecule is [CH3][Sn][CH3].[Ti]. The smallest absolute Gasteiger partial charge is 0 e. The Bertz CT molecular complexity index is 6.00. The van der Waals surface area contributed by atoms with Crippen LogP contribution in [0.15, 0.2) is 0 Å². The van der Waals surface area contributed by atoms with E-state index in [9.17, 15) is 0 Å². The maximum absolute atomic E-state index is 2.30. The Labute approximate surface area is 52.5 Å². The van der Waals surface area contributed by atoms with E-state index in [-0.39, 0.29) is 42.9 Å². The summed E-state index contributed by atoms with van der Waals surface area (Å²) >= 11 is 0.230. The third-order valence-electron chi connectivity index (χ3n) is 0. The summed E-state index contributed by atoms with van der Waals surface area (Å²) < 4.78 is 0. The van der Waals surface area contributed by atoms with Gasteiger partial charge in [-0.05, 0) is 0 Å². The van der Waals surface area contributed by atoms with E-state index in [1.165, 1.54) is 0 Å². The van der Waals surface area contributed by atoms with Crippen LogP contribution in [0.1, 0.15) is 0 Å². The summed E-state index contributed by atoms with van der Waals surface area (Å²) in [5.74, 6) is 0. The average Bonchev–Trinajstić information content (AvgIpc) is 0.918. The molecule has 0 aliphatic heterocycles. The van der Waals surface area contributed by atoms with Crippen molar-refractivity contribution in [2.75, 3.05) is 0 Å². The van der Waals surface area contributed by atoms with Gasteiger partial charge in [-0.15, -0.1) is 0 Å². The molecule has 4 heavy (non-hydrogen) atoms. The maximum atomic E-state index is 2.30. The van der Waals surface area contributed by atoms with Crippen LogP contribution < -0.4 is 0 Å². The number of rotatable bonds is 0. The van der Waals surface area contributed by atoms with Crippen molar-refractivity contribution >= 4 is 21.1 Å². The zero-order chi connectivity index (χ0) is 2.71. The molecule has 0 fully saturated rings. The predicted molar refractivity (Wildman–Crippen MR) is 17.5 cm³/mol. The van der Waals surface area contributed by atoms with Gasteiger partial charge in [0.2, 0.25) is 0 Å². The Morgan fingerprint density at radius 2 is 1.25 bits per heavy atom. The second kappa shape index (κ2) is 8.82. The van der Waals surface area contributed by atoms with E-state index in [1.54, 1.807) is 0 Å². The maximum Gasteiger partial charge on any atom is 0 e.